The van der Waals surface area contributed by atoms with E-state index in [0.29, 0.717) is 16.1 Å². The molecule has 0 radical (unpaired) electrons. The SMILES string of the molecule is O=C(NCc1ccc(C(F)(F)F)cc1SCCCN1CCCC1)Nc1cccc2cnccc12. The van der Waals surface area contributed by atoms with Crippen molar-refractivity contribution >= 4 is 34.3 Å². The van der Waals surface area contributed by atoms with Gasteiger partial charge in [-0.25, -0.2) is 4.79 Å². The molecular weight excluding hydrogens is 461 g/mol. The number of fused-ring (bicyclic) bond motifs is 1. The lowest BCUT2D eigenvalue weighted by Crippen LogP contribution is -2.28. The number of benzene rings is 2. The number of thioether (sulfide) groups is 1. The van der Waals surface area contributed by atoms with Crippen molar-refractivity contribution in [1.82, 2.24) is 15.2 Å². The second kappa shape index (κ2) is 11.1. The number of nitrogens with zero attached hydrogens (tertiary/aromatic N) is 2. The van der Waals surface area contributed by atoms with Crippen LogP contribution in [0.4, 0.5) is 23.7 Å². The fourth-order valence-corrected chi connectivity index (χ4v) is 5.09. The van der Waals surface area contributed by atoms with Gasteiger partial charge in [0.15, 0.2) is 0 Å². The van der Waals surface area contributed by atoms with Crippen LogP contribution >= 0.6 is 11.8 Å². The first kappa shape index (κ1) is 24.3. The number of alkyl halides is 3. The van der Waals surface area contributed by atoms with Gasteiger partial charge in [-0.2, -0.15) is 13.2 Å². The van der Waals surface area contributed by atoms with Crippen LogP contribution in [0.5, 0.6) is 0 Å². The summed E-state index contributed by atoms with van der Waals surface area (Å²) in [6, 6.07) is 10.6. The number of halogens is 3. The Morgan fingerprint density at radius 1 is 1.12 bits per heavy atom. The van der Waals surface area contributed by atoms with E-state index in [1.165, 1.54) is 36.7 Å². The second-order valence-corrected chi connectivity index (χ2v) is 9.42. The summed E-state index contributed by atoms with van der Waals surface area (Å²) in [5.41, 5.74) is 0.630. The lowest BCUT2D eigenvalue weighted by molar-refractivity contribution is -0.137. The van der Waals surface area contributed by atoms with Gasteiger partial charge in [-0.15, -0.1) is 11.8 Å². The second-order valence-electron chi connectivity index (χ2n) is 8.28. The number of pyridine rings is 1. The molecule has 4 rings (SSSR count). The fraction of sp³-hybridized carbons (Fsp3) is 0.360. The molecule has 2 amide bonds. The van der Waals surface area contributed by atoms with Crippen molar-refractivity contribution in [1.29, 1.82) is 0 Å². The van der Waals surface area contributed by atoms with Crippen LogP contribution in [0.25, 0.3) is 10.8 Å². The van der Waals surface area contributed by atoms with Crippen molar-refractivity contribution in [3.05, 3.63) is 66.0 Å². The number of anilines is 1. The summed E-state index contributed by atoms with van der Waals surface area (Å²) in [4.78, 5) is 19.6. The quantitative estimate of drug-likeness (QED) is 0.295. The van der Waals surface area contributed by atoms with E-state index in [-0.39, 0.29) is 6.54 Å². The number of amides is 2. The van der Waals surface area contributed by atoms with E-state index in [4.69, 9.17) is 0 Å². The van der Waals surface area contributed by atoms with Gasteiger partial charge in [-0.05, 0) is 74.5 Å². The molecular formula is C25H27F3N4OS. The molecule has 0 atom stereocenters. The molecule has 1 aliphatic heterocycles. The minimum Gasteiger partial charge on any atom is -0.334 e. The average Bonchev–Trinajstić information content (AvgIpc) is 3.34. The van der Waals surface area contributed by atoms with Gasteiger partial charge in [-0.3, -0.25) is 4.98 Å². The largest absolute Gasteiger partial charge is 0.416 e. The Bertz CT molecular complexity index is 1130. The van der Waals surface area contributed by atoms with Gasteiger partial charge in [-0.1, -0.05) is 18.2 Å². The molecule has 1 fully saturated rings. The van der Waals surface area contributed by atoms with E-state index in [2.05, 4.69) is 20.5 Å². The molecule has 0 bridgehead atoms. The zero-order chi connectivity index (χ0) is 24.0. The average molecular weight is 489 g/mol. The van der Waals surface area contributed by atoms with E-state index in [1.807, 2.05) is 18.2 Å². The van der Waals surface area contributed by atoms with E-state index >= 15 is 0 Å². The van der Waals surface area contributed by atoms with Crippen LogP contribution in [-0.2, 0) is 12.7 Å². The standard InChI is InChI=1S/C25H27F3N4OS/c26-25(27,28)20-8-7-19(23(15-20)34-14-4-13-32-11-1-2-12-32)17-30-24(33)31-22-6-3-5-18-16-29-10-9-21(18)22/h3,5-10,15-16H,1-2,4,11-14,17H2,(H2,30,31,33). The third kappa shape index (κ3) is 6.42. The first-order valence-corrected chi connectivity index (χ1v) is 12.3. The van der Waals surface area contributed by atoms with Gasteiger partial charge in [0.05, 0.1) is 11.3 Å². The van der Waals surface area contributed by atoms with Gasteiger partial charge in [0.1, 0.15) is 0 Å². The zero-order valence-corrected chi connectivity index (χ0v) is 19.5. The predicted octanol–water partition coefficient (Wildman–Crippen LogP) is 6.15. The molecule has 1 saturated heterocycles. The van der Waals surface area contributed by atoms with Gasteiger partial charge in [0, 0.05) is 34.6 Å². The number of nitrogens with one attached hydrogen (secondary N) is 2. The summed E-state index contributed by atoms with van der Waals surface area (Å²) in [5, 5.41) is 7.36. The monoisotopic (exact) mass is 488 g/mol. The number of carbonyl (C=O) groups excluding carboxylic acids is 1. The molecule has 0 aliphatic carbocycles. The van der Waals surface area contributed by atoms with Crippen LogP contribution in [0, 0.1) is 0 Å². The molecule has 180 valence electrons. The minimum absolute atomic E-state index is 0.130. The molecule has 2 heterocycles. The molecule has 2 N–H and O–H groups in total. The molecule has 0 saturated carbocycles. The molecule has 1 aliphatic rings. The Kier molecular flexibility index (Phi) is 7.95. The molecule has 5 nitrogen and oxygen atoms in total. The highest BCUT2D eigenvalue weighted by atomic mass is 32.2. The summed E-state index contributed by atoms with van der Waals surface area (Å²) in [5.74, 6) is 0.723. The fourth-order valence-electron chi connectivity index (χ4n) is 4.06. The number of likely N-dealkylation sites (tertiary alicyclic amines) is 1. The maximum atomic E-state index is 13.3. The maximum Gasteiger partial charge on any atom is 0.416 e. The van der Waals surface area contributed by atoms with Gasteiger partial charge in [0.25, 0.3) is 0 Å². The van der Waals surface area contributed by atoms with Crippen molar-refractivity contribution in [2.45, 2.75) is 36.9 Å². The van der Waals surface area contributed by atoms with Gasteiger partial charge in [0.2, 0.25) is 0 Å². The lowest BCUT2D eigenvalue weighted by Gasteiger charge is -2.16. The summed E-state index contributed by atoms with van der Waals surface area (Å²) in [6.07, 6.45) is 2.30. The van der Waals surface area contributed by atoms with Gasteiger partial charge >= 0.3 is 12.2 Å². The molecule has 2 aromatic carbocycles. The van der Waals surface area contributed by atoms with E-state index in [1.54, 1.807) is 18.5 Å². The zero-order valence-electron chi connectivity index (χ0n) is 18.7. The predicted molar refractivity (Wildman–Crippen MR) is 130 cm³/mol. The Labute approximate surface area is 201 Å². The van der Waals surface area contributed by atoms with Crippen LogP contribution in [0.1, 0.15) is 30.4 Å². The molecule has 9 heteroatoms. The number of rotatable bonds is 8. The summed E-state index contributed by atoms with van der Waals surface area (Å²) in [7, 11) is 0. The Morgan fingerprint density at radius 2 is 1.94 bits per heavy atom. The van der Waals surface area contributed by atoms with Crippen molar-refractivity contribution in [2.24, 2.45) is 0 Å². The molecule has 34 heavy (non-hydrogen) atoms. The lowest BCUT2D eigenvalue weighted by atomic mass is 10.1. The molecule has 0 spiro atoms. The van der Waals surface area contributed by atoms with Crippen LogP contribution in [0.2, 0.25) is 0 Å². The first-order chi connectivity index (χ1) is 16.4. The number of carbonyl (C=O) groups is 1. The van der Waals surface area contributed by atoms with Crippen molar-refractivity contribution in [3.8, 4) is 0 Å². The number of aromatic nitrogens is 1. The maximum absolute atomic E-state index is 13.3. The Hall–Kier alpha value is -2.78. The third-order valence-electron chi connectivity index (χ3n) is 5.84. The van der Waals surface area contributed by atoms with E-state index in [9.17, 15) is 18.0 Å². The van der Waals surface area contributed by atoms with Crippen LogP contribution in [-0.4, -0.2) is 41.3 Å². The number of hydrogen-bond donors (Lipinski definition) is 2. The highest BCUT2D eigenvalue weighted by molar-refractivity contribution is 7.99. The highest BCUT2D eigenvalue weighted by Crippen LogP contribution is 2.34. The van der Waals surface area contributed by atoms with Crippen LogP contribution < -0.4 is 10.6 Å². The smallest absolute Gasteiger partial charge is 0.334 e. The molecule has 1 aromatic heterocycles. The van der Waals surface area contributed by atoms with Crippen molar-refractivity contribution in [3.63, 3.8) is 0 Å². The first-order valence-electron chi connectivity index (χ1n) is 11.3. The summed E-state index contributed by atoms with van der Waals surface area (Å²) >= 11 is 1.41. The molecule has 3 aromatic rings. The Balaban J connectivity index is 1.39. The van der Waals surface area contributed by atoms with E-state index in [0.717, 1.165) is 48.6 Å². The number of urea groups is 1. The summed E-state index contributed by atoms with van der Waals surface area (Å²) in [6.45, 7) is 3.30. The topological polar surface area (TPSA) is 57.3 Å². The number of hydrogen-bond acceptors (Lipinski definition) is 4. The van der Waals surface area contributed by atoms with E-state index < -0.39 is 17.8 Å². The minimum atomic E-state index is -4.41. The third-order valence-corrected chi connectivity index (χ3v) is 7.02. The van der Waals surface area contributed by atoms with Crippen LogP contribution in [0.15, 0.2) is 59.8 Å². The van der Waals surface area contributed by atoms with Crippen molar-refractivity contribution in [2.75, 3.05) is 30.7 Å². The highest BCUT2D eigenvalue weighted by Gasteiger charge is 2.31. The normalized spacial score (nSPS) is 14.4. The summed E-state index contributed by atoms with van der Waals surface area (Å²) < 4.78 is 39.8. The molecule has 0 unspecified atom stereocenters. The van der Waals surface area contributed by atoms with Gasteiger partial charge < -0.3 is 15.5 Å². The Morgan fingerprint density at radius 3 is 2.74 bits per heavy atom. The van der Waals surface area contributed by atoms with Crippen molar-refractivity contribution < 1.29 is 18.0 Å². The van der Waals surface area contributed by atoms with Crippen LogP contribution in [0.3, 0.4) is 0 Å².